The molecular weight excluding hydrogens is 286 g/mol. The zero-order valence-electron chi connectivity index (χ0n) is 12.4. The van der Waals surface area contributed by atoms with Crippen LogP contribution in [-0.2, 0) is 4.79 Å². The summed E-state index contributed by atoms with van der Waals surface area (Å²) in [6.45, 7) is 4.04. The molecule has 21 heavy (non-hydrogen) atoms. The largest absolute Gasteiger partial charge is 0.497 e. The van der Waals surface area contributed by atoms with Gasteiger partial charge < -0.3 is 10.1 Å². The van der Waals surface area contributed by atoms with Crippen LogP contribution >= 0.6 is 11.8 Å². The van der Waals surface area contributed by atoms with Crippen LogP contribution < -0.4 is 10.1 Å². The van der Waals surface area contributed by atoms with Crippen molar-refractivity contribution in [2.24, 2.45) is 0 Å². The molecule has 0 aliphatic rings. The molecule has 0 fully saturated rings. The van der Waals surface area contributed by atoms with Crippen LogP contribution in [0.3, 0.4) is 0 Å². The molecular formula is C15H19N3O2S. The van der Waals surface area contributed by atoms with Crippen molar-refractivity contribution in [1.29, 1.82) is 0 Å². The number of methoxy groups -OCH3 is 1. The highest BCUT2D eigenvalue weighted by Crippen LogP contribution is 2.23. The topological polar surface area (TPSA) is 56.1 Å². The van der Waals surface area contributed by atoms with Crippen molar-refractivity contribution in [2.45, 2.75) is 24.8 Å². The Morgan fingerprint density at radius 2 is 2.24 bits per heavy atom. The quantitative estimate of drug-likeness (QED) is 0.833. The van der Waals surface area contributed by atoms with Gasteiger partial charge in [0, 0.05) is 17.0 Å². The summed E-state index contributed by atoms with van der Waals surface area (Å²) in [4.78, 5) is 13.0. The fourth-order valence-electron chi connectivity index (χ4n) is 1.84. The van der Waals surface area contributed by atoms with Crippen molar-refractivity contribution in [2.75, 3.05) is 18.2 Å². The Hall–Kier alpha value is -1.95. The van der Waals surface area contributed by atoms with Crippen LogP contribution in [0.15, 0.2) is 41.4 Å². The number of nitrogens with one attached hydrogen (secondary N) is 1. The second-order valence-corrected chi connectivity index (χ2v) is 5.82. The number of carbonyl (C=O) groups excluding carboxylic acids is 1. The molecule has 0 saturated carbocycles. The van der Waals surface area contributed by atoms with E-state index >= 15 is 0 Å². The monoisotopic (exact) mass is 305 g/mol. The molecule has 0 unspecified atom stereocenters. The van der Waals surface area contributed by atoms with Crippen LogP contribution in [0.2, 0.25) is 0 Å². The van der Waals surface area contributed by atoms with Crippen LogP contribution in [-0.4, -0.2) is 28.6 Å². The third-order valence-electron chi connectivity index (χ3n) is 2.84. The van der Waals surface area contributed by atoms with E-state index in [4.69, 9.17) is 4.74 Å². The van der Waals surface area contributed by atoms with E-state index in [-0.39, 0.29) is 11.9 Å². The van der Waals surface area contributed by atoms with Gasteiger partial charge in [0.05, 0.1) is 19.1 Å². The molecule has 5 nitrogen and oxygen atoms in total. The van der Waals surface area contributed by atoms with E-state index in [1.165, 1.54) is 11.8 Å². The summed E-state index contributed by atoms with van der Waals surface area (Å²) in [6.07, 6.45) is 1.69. The van der Waals surface area contributed by atoms with Crippen molar-refractivity contribution in [3.8, 4) is 5.75 Å². The minimum Gasteiger partial charge on any atom is -0.497 e. The summed E-state index contributed by atoms with van der Waals surface area (Å²) in [5, 5.41) is 7.07. The van der Waals surface area contributed by atoms with Gasteiger partial charge in [0.1, 0.15) is 11.6 Å². The smallest absolute Gasteiger partial charge is 0.235 e. The maximum Gasteiger partial charge on any atom is 0.235 e. The SMILES string of the molecule is COc1cccc(SCC(=O)Nc2ccnn2C(C)C)c1. The summed E-state index contributed by atoms with van der Waals surface area (Å²) in [7, 11) is 1.63. The third-order valence-corrected chi connectivity index (χ3v) is 3.83. The van der Waals surface area contributed by atoms with Crippen molar-refractivity contribution < 1.29 is 9.53 Å². The first-order chi connectivity index (χ1) is 10.1. The van der Waals surface area contributed by atoms with Crippen molar-refractivity contribution in [3.05, 3.63) is 36.5 Å². The minimum atomic E-state index is -0.0507. The predicted octanol–water partition coefficient (Wildman–Crippen LogP) is 3.20. The summed E-state index contributed by atoms with van der Waals surface area (Å²) in [6, 6.07) is 9.67. The maximum absolute atomic E-state index is 12.0. The summed E-state index contributed by atoms with van der Waals surface area (Å²) in [5.41, 5.74) is 0. The van der Waals surface area contributed by atoms with Gasteiger partial charge in [-0.25, -0.2) is 4.68 Å². The first kappa shape index (κ1) is 15.4. The van der Waals surface area contributed by atoms with E-state index in [0.29, 0.717) is 5.75 Å². The summed E-state index contributed by atoms with van der Waals surface area (Å²) < 4.78 is 6.95. The highest BCUT2D eigenvalue weighted by Gasteiger charge is 2.10. The number of ether oxygens (including phenoxy) is 1. The number of hydrogen-bond donors (Lipinski definition) is 1. The van der Waals surface area contributed by atoms with Crippen LogP contribution in [0.5, 0.6) is 5.75 Å². The summed E-state index contributed by atoms with van der Waals surface area (Å²) >= 11 is 1.47. The molecule has 1 aromatic carbocycles. The van der Waals surface area contributed by atoms with Gasteiger partial charge in [0.2, 0.25) is 5.91 Å². The second-order valence-electron chi connectivity index (χ2n) is 4.77. The maximum atomic E-state index is 12.0. The molecule has 6 heteroatoms. The molecule has 0 saturated heterocycles. The van der Waals surface area contributed by atoms with Gasteiger partial charge in [0.25, 0.3) is 0 Å². The lowest BCUT2D eigenvalue weighted by Crippen LogP contribution is -2.18. The molecule has 1 N–H and O–H groups in total. The minimum absolute atomic E-state index is 0.0507. The molecule has 0 aliphatic carbocycles. The molecule has 2 aromatic rings. The Kier molecular flexibility index (Phi) is 5.27. The van der Waals surface area contributed by atoms with Gasteiger partial charge in [-0.2, -0.15) is 5.10 Å². The van der Waals surface area contributed by atoms with Gasteiger partial charge >= 0.3 is 0 Å². The van der Waals surface area contributed by atoms with E-state index in [0.717, 1.165) is 16.5 Å². The number of carbonyl (C=O) groups is 1. The number of thioether (sulfide) groups is 1. The number of rotatable bonds is 6. The van der Waals surface area contributed by atoms with Crippen LogP contribution in [0.4, 0.5) is 5.82 Å². The van der Waals surface area contributed by atoms with Gasteiger partial charge in [0.15, 0.2) is 0 Å². The van der Waals surface area contributed by atoms with E-state index < -0.39 is 0 Å². The second kappa shape index (κ2) is 7.17. The predicted molar refractivity (Wildman–Crippen MR) is 85.0 cm³/mol. The van der Waals surface area contributed by atoms with E-state index in [2.05, 4.69) is 10.4 Å². The zero-order chi connectivity index (χ0) is 15.2. The highest BCUT2D eigenvalue weighted by molar-refractivity contribution is 8.00. The lowest BCUT2D eigenvalue weighted by molar-refractivity contribution is -0.113. The van der Waals surface area contributed by atoms with Gasteiger partial charge in [-0.1, -0.05) is 6.07 Å². The molecule has 1 amide bonds. The van der Waals surface area contributed by atoms with Crippen molar-refractivity contribution in [1.82, 2.24) is 9.78 Å². The Morgan fingerprint density at radius 1 is 1.43 bits per heavy atom. The van der Waals surface area contributed by atoms with E-state index in [9.17, 15) is 4.79 Å². The molecule has 0 bridgehead atoms. The number of aromatic nitrogens is 2. The summed E-state index contributed by atoms with van der Waals surface area (Å²) in [5.74, 6) is 1.81. The lowest BCUT2D eigenvalue weighted by Gasteiger charge is -2.11. The normalized spacial score (nSPS) is 10.7. The van der Waals surface area contributed by atoms with E-state index in [1.807, 2.05) is 38.1 Å². The Labute approximate surface area is 128 Å². The van der Waals surface area contributed by atoms with Crippen LogP contribution in [0, 0.1) is 0 Å². The van der Waals surface area contributed by atoms with Crippen LogP contribution in [0.1, 0.15) is 19.9 Å². The number of hydrogen-bond acceptors (Lipinski definition) is 4. The number of nitrogens with zero attached hydrogens (tertiary/aromatic N) is 2. The molecule has 1 aromatic heterocycles. The Bertz CT molecular complexity index is 610. The fourth-order valence-corrected chi connectivity index (χ4v) is 2.59. The van der Waals surface area contributed by atoms with Gasteiger partial charge in [-0.05, 0) is 32.0 Å². The standard InChI is InChI=1S/C15H19N3O2S/c1-11(2)18-14(7-8-16-18)17-15(19)10-21-13-6-4-5-12(9-13)20-3/h4-9,11H,10H2,1-3H3,(H,17,19). The third kappa shape index (κ3) is 4.26. The fraction of sp³-hybridized carbons (Fsp3) is 0.333. The number of benzene rings is 1. The zero-order valence-corrected chi connectivity index (χ0v) is 13.2. The Balaban J connectivity index is 1.91. The average molecular weight is 305 g/mol. The first-order valence-electron chi connectivity index (χ1n) is 6.70. The van der Waals surface area contributed by atoms with Crippen molar-refractivity contribution in [3.63, 3.8) is 0 Å². The first-order valence-corrected chi connectivity index (χ1v) is 7.69. The number of anilines is 1. The average Bonchev–Trinajstić information content (AvgIpc) is 2.93. The molecule has 0 atom stereocenters. The van der Waals surface area contributed by atoms with Crippen LogP contribution in [0.25, 0.3) is 0 Å². The lowest BCUT2D eigenvalue weighted by atomic mass is 10.3. The van der Waals surface area contributed by atoms with Gasteiger partial charge in [-0.15, -0.1) is 11.8 Å². The highest BCUT2D eigenvalue weighted by atomic mass is 32.2. The molecule has 0 aliphatic heterocycles. The molecule has 0 radical (unpaired) electrons. The van der Waals surface area contributed by atoms with Crippen molar-refractivity contribution >= 4 is 23.5 Å². The number of amides is 1. The molecule has 2 rings (SSSR count). The molecule has 1 heterocycles. The Morgan fingerprint density at radius 3 is 2.95 bits per heavy atom. The van der Waals surface area contributed by atoms with Gasteiger partial charge in [-0.3, -0.25) is 4.79 Å². The molecule has 112 valence electrons. The van der Waals surface area contributed by atoms with E-state index in [1.54, 1.807) is 24.1 Å². The molecule has 0 spiro atoms.